The van der Waals surface area contributed by atoms with Gasteiger partial charge in [-0.3, -0.25) is 20.4 Å². The molecule has 2 rings (SSSR count). The molecule has 1 aromatic heterocycles. The van der Waals surface area contributed by atoms with E-state index in [1.165, 1.54) is 24.0 Å². The van der Waals surface area contributed by atoms with Crippen LogP contribution in [0.5, 0.6) is 0 Å². The lowest BCUT2D eigenvalue weighted by molar-refractivity contribution is -0.119. The zero-order chi connectivity index (χ0) is 16.8. The Morgan fingerprint density at radius 2 is 1.87 bits per heavy atom. The number of hydrazine groups is 1. The second-order valence-corrected chi connectivity index (χ2v) is 7.00. The van der Waals surface area contributed by atoms with E-state index in [9.17, 15) is 9.59 Å². The lowest BCUT2D eigenvalue weighted by Gasteiger charge is -2.08. The Bertz CT molecular complexity index is 728. The molecule has 0 aliphatic rings. The number of aromatic nitrogens is 1. The molecule has 1 aromatic carbocycles. The predicted octanol–water partition coefficient (Wildman–Crippen LogP) is 3.70. The molecule has 0 aliphatic carbocycles. The summed E-state index contributed by atoms with van der Waals surface area (Å²) in [6.07, 6.45) is 1.47. The molecule has 0 atom stereocenters. The van der Waals surface area contributed by atoms with Crippen molar-refractivity contribution in [3.05, 3.63) is 56.7 Å². The Morgan fingerprint density at radius 3 is 2.57 bits per heavy atom. The molecule has 0 unspecified atom stereocenters. The zero-order valence-corrected chi connectivity index (χ0v) is 15.4. The summed E-state index contributed by atoms with van der Waals surface area (Å²) in [7, 11) is 0. The van der Waals surface area contributed by atoms with Crippen molar-refractivity contribution in [1.82, 2.24) is 15.8 Å². The van der Waals surface area contributed by atoms with E-state index in [1.807, 2.05) is 12.1 Å². The van der Waals surface area contributed by atoms with Crippen LogP contribution in [-0.2, 0) is 4.79 Å². The summed E-state index contributed by atoms with van der Waals surface area (Å²) >= 11 is 16.1. The van der Waals surface area contributed by atoms with Gasteiger partial charge < -0.3 is 0 Å². The van der Waals surface area contributed by atoms with Crippen LogP contribution >= 0.6 is 50.9 Å². The van der Waals surface area contributed by atoms with E-state index in [1.54, 1.807) is 12.1 Å². The van der Waals surface area contributed by atoms with Gasteiger partial charge in [-0.1, -0.05) is 23.2 Å². The molecule has 0 fully saturated rings. The lowest BCUT2D eigenvalue weighted by atomic mass is 10.3. The predicted molar refractivity (Wildman–Crippen MR) is 94.7 cm³/mol. The minimum absolute atomic E-state index is 0.0514. The Kier molecular flexibility index (Phi) is 6.71. The van der Waals surface area contributed by atoms with Crippen LogP contribution in [0.2, 0.25) is 10.2 Å². The molecule has 9 heteroatoms. The maximum absolute atomic E-state index is 11.9. The monoisotopic (exact) mass is 433 g/mol. The minimum Gasteiger partial charge on any atom is -0.272 e. The number of hydrogen-bond donors (Lipinski definition) is 2. The third kappa shape index (κ3) is 5.69. The van der Waals surface area contributed by atoms with Crippen LogP contribution in [0.15, 0.2) is 45.9 Å². The van der Waals surface area contributed by atoms with Crippen LogP contribution in [-0.4, -0.2) is 22.6 Å². The van der Waals surface area contributed by atoms with Crippen molar-refractivity contribution >= 4 is 62.7 Å². The smallest absolute Gasteiger partial charge is 0.272 e. The van der Waals surface area contributed by atoms with Gasteiger partial charge in [-0.15, -0.1) is 11.8 Å². The van der Waals surface area contributed by atoms with Gasteiger partial charge in [-0.25, -0.2) is 4.98 Å². The van der Waals surface area contributed by atoms with Gasteiger partial charge in [0.2, 0.25) is 5.91 Å². The molecule has 0 radical (unpaired) electrons. The van der Waals surface area contributed by atoms with Crippen molar-refractivity contribution in [2.45, 2.75) is 4.90 Å². The molecule has 2 aromatic rings. The van der Waals surface area contributed by atoms with E-state index in [0.29, 0.717) is 9.50 Å². The summed E-state index contributed by atoms with van der Waals surface area (Å²) in [5, 5.41) is 0.682. The first kappa shape index (κ1) is 18.1. The van der Waals surface area contributed by atoms with Crippen LogP contribution in [0.1, 0.15) is 10.4 Å². The zero-order valence-electron chi connectivity index (χ0n) is 11.5. The van der Waals surface area contributed by atoms with E-state index in [4.69, 9.17) is 23.2 Å². The molecule has 0 aliphatic heterocycles. The molecule has 0 saturated carbocycles. The molecule has 0 bridgehead atoms. The van der Waals surface area contributed by atoms with Crippen molar-refractivity contribution in [3.63, 3.8) is 0 Å². The van der Waals surface area contributed by atoms with E-state index in [2.05, 4.69) is 31.8 Å². The Morgan fingerprint density at radius 1 is 1.17 bits per heavy atom. The summed E-state index contributed by atoms with van der Waals surface area (Å²) in [5.41, 5.74) is 4.78. The Balaban J connectivity index is 1.83. The summed E-state index contributed by atoms with van der Waals surface area (Å²) in [5.74, 6) is -0.752. The number of nitrogens with one attached hydrogen (secondary N) is 2. The minimum atomic E-state index is -0.548. The van der Waals surface area contributed by atoms with Crippen molar-refractivity contribution in [2.24, 2.45) is 0 Å². The fourth-order valence-electron chi connectivity index (χ4n) is 1.49. The number of carbonyl (C=O) groups excluding carboxylic acids is 2. The highest BCUT2D eigenvalue weighted by Crippen LogP contribution is 2.20. The average molecular weight is 435 g/mol. The number of benzene rings is 1. The van der Waals surface area contributed by atoms with E-state index >= 15 is 0 Å². The van der Waals surface area contributed by atoms with Crippen LogP contribution in [0.25, 0.3) is 0 Å². The first-order chi connectivity index (χ1) is 11.0. The van der Waals surface area contributed by atoms with E-state index in [0.717, 1.165) is 4.90 Å². The molecule has 2 N–H and O–H groups in total. The molecule has 120 valence electrons. The molecule has 23 heavy (non-hydrogen) atoms. The van der Waals surface area contributed by atoms with E-state index in [-0.39, 0.29) is 22.4 Å². The van der Waals surface area contributed by atoms with Crippen molar-refractivity contribution in [1.29, 1.82) is 0 Å². The Labute approximate surface area is 155 Å². The van der Waals surface area contributed by atoms with Crippen molar-refractivity contribution in [2.75, 3.05) is 5.75 Å². The SMILES string of the molecule is O=C(CSc1ccc(Cl)cc1)NNC(=O)c1cc(Br)cnc1Cl. The van der Waals surface area contributed by atoms with Crippen LogP contribution < -0.4 is 10.9 Å². The van der Waals surface area contributed by atoms with Crippen molar-refractivity contribution < 1.29 is 9.59 Å². The Hall–Kier alpha value is -1.28. The van der Waals surface area contributed by atoms with Crippen molar-refractivity contribution in [3.8, 4) is 0 Å². The first-order valence-electron chi connectivity index (χ1n) is 6.24. The highest BCUT2D eigenvalue weighted by molar-refractivity contribution is 9.10. The summed E-state index contributed by atoms with van der Waals surface area (Å²) < 4.78 is 0.608. The average Bonchev–Trinajstić information content (AvgIpc) is 2.54. The van der Waals surface area contributed by atoms with Crippen LogP contribution in [0, 0.1) is 0 Å². The molecular weight excluding hydrogens is 425 g/mol. The number of thioether (sulfide) groups is 1. The highest BCUT2D eigenvalue weighted by atomic mass is 79.9. The number of hydrogen-bond acceptors (Lipinski definition) is 4. The van der Waals surface area contributed by atoms with Gasteiger partial charge in [-0.05, 0) is 46.3 Å². The summed E-state index contributed by atoms with van der Waals surface area (Å²) in [4.78, 5) is 28.4. The number of halogens is 3. The summed E-state index contributed by atoms with van der Waals surface area (Å²) in [6.45, 7) is 0. The number of amides is 2. The normalized spacial score (nSPS) is 10.2. The molecule has 2 amide bonds. The fraction of sp³-hybridized carbons (Fsp3) is 0.0714. The largest absolute Gasteiger partial charge is 0.272 e. The molecule has 0 saturated heterocycles. The quantitative estimate of drug-likeness (QED) is 0.437. The maximum atomic E-state index is 11.9. The number of rotatable bonds is 4. The third-order valence-corrected chi connectivity index (χ3v) is 4.55. The van der Waals surface area contributed by atoms with Gasteiger partial charge in [0.25, 0.3) is 5.91 Å². The fourth-order valence-corrected chi connectivity index (χ4v) is 2.84. The highest BCUT2D eigenvalue weighted by Gasteiger charge is 2.13. The van der Waals surface area contributed by atoms with Gasteiger partial charge in [-0.2, -0.15) is 0 Å². The van der Waals surface area contributed by atoms with Gasteiger partial charge >= 0.3 is 0 Å². The van der Waals surface area contributed by atoms with E-state index < -0.39 is 5.91 Å². The second-order valence-electron chi connectivity index (χ2n) is 4.24. The maximum Gasteiger partial charge on any atom is 0.272 e. The standard InChI is InChI=1S/C14H10BrCl2N3O2S/c15-8-5-11(13(17)18-6-8)14(22)20-19-12(21)7-23-10-3-1-9(16)2-4-10/h1-6H,7H2,(H,19,21)(H,20,22). The second kappa shape index (κ2) is 8.54. The number of nitrogens with zero attached hydrogens (tertiary/aromatic N) is 1. The summed E-state index contributed by atoms with van der Waals surface area (Å²) in [6, 6.07) is 8.62. The number of pyridine rings is 1. The topological polar surface area (TPSA) is 71.1 Å². The third-order valence-electron chi connectivity index (χ3n) is 2.55. The molecule has 5 nitrogen and oxygen atoms in total. The lowest BCUT2D eigenvalue weighted by Crippen LogP contribution is -2.42. The van der Waals surface area contributed by atoms with Gasteiger partial charge in [0.1, 0.15) is 5.15 Å². The molecule has 1 heterocycles. The van der Waals surface area contributed by atoms with Gasteiger partial charge in [0.15, 0.2) is 0 Å². The van der Waals surface area contributed by atoms with Gasteiger partial charge in [0.05, 0.1) is 11.3 Å². The molecule has 0 spiro atoms. The molecular formula is C14H10BrCl2N3O2S. The first-order valence-corrected chi connectivity index (χ1v) is 8.78. The number of carbonyl (C=O) groups is 2. The van der Waals surface area contributed by atoms with Crippen LogP contribution in [0.3, 0.4) is 0 Å². The van der Waals surface area contributed by atoms with Gasteiger partial charge in [0, 0.05) is 20.6 Å². The van der Waals surface area contributed by atoms with Crippen LogP contribution in [0.4, 0.5) is 0 Å².